The van der Waals surface area contributed by atoms with Crippen molar-refractivity contribution in [1.29, 1.82) is 0 Å². The first-order valence-electron chi connectivity index (χ1n) is 7.93. The van der Waals surface area contributed by atoms with Crippen LogP contribution in [0.15, 0.2) is 30.3 Å². The fourth-order valence-electron chi connectivity index (χ4n) is 2.47. The van der Waals surface area contributed by atoms with Crippen molar-refractivity contribution < 1.29 is 14.3 Å². The van der Waals surface area contributed by atoms with Gasteiger partial charge in [0.1, 0.15) is 5.54 Å². The Morgan fingerprint density at radius 2 is 2.17 bits per heavy atom. The lowest BCUT2D eigenvalue weighted by molar-refractivity contribution is -0.126. The lowest BCUT2D eigenvalue weighted by Gasteiger charge is -2.24. The van der Waals surface area contributed by atoms with E-state index < -0.39 is 5.54 Å². The van der Waals surface area contributed by atoms with Crippen LogP contribution in [0.4, 0.5) is 0 Å². The predicted molar refractivity (Wildman–Crippen MR) is 92.6 cm³/mol. The Morgan fingerprint density at radius 3 is 2.83 bits per heavy atom. The Labute approximate surface area is 144 Å². The molecule has 23 heavy (non-hydrogen) atoms. The summed E-state index contributed by atoms with van der Waals surface area (Å²) < 4.78 is 11.0. The van der Waals surface area contributed by atoms with Crippen LogP contribution in [0.2, 0.25) is 0 Å². The van der Waals surface area contributed by atoms with E-state index in [0.717, 1.165) is 31.4 Å². The number of carbonyl (C=O) groups excluding carboxylic acids is 1. The average Bonchev–Trinajstić information content (AvgIpc) is 3.04. The monoisotopic (exact) mass is 342 g/mol. The SMILES string of the molecule is CC(N)(C(=O)NCCCOCC1CCCO1)c1ccccc1.Cl. The molecule has 1 aromatic rings. The summed E-state index contributed by atoms with van der Waals surface area (Å²) in [4.78, 5) is 12.2. The summed E-state index contributed by atoms with van der Waals surface area (Å²) in [5.41, 5.74) is 5.94. The van der Waals surface area contributed by atoms with Crippen molar-refractivity contribution in [3.8, 4) is 0 Å². The minimum atomic E-state index is -1.01. The van der Waals surface area contributed by atoms with Crippen LogP contribution in [0.3, 0.4) is 0 Å². The maximum Gasteiger partial charge on any atom is 0.244 e. The third kappa shape index (κ3) is 6.11. The molecule has 0 radical (unpaired) electrons. The van der Waals surface area contributed by atoms with Crippen molar-refractivity contribution in [3.63, 3.8) is 0 Å². The molecule has 2 unspecified atom stereocenters. The Morgan fingerprint density at radius 1 is 1.43 bits per heavy atom. The lowest BCUT2D eigenvalue weighted by atomic mass is 9.92. The van der Waals surface area contributed by atoms with Crippen LogP contribution in [-0.4, -0.2) is 38.4 Å². The lowest BCUT2D eigenvalue weighted by Crippen LogP contribution is -2.49. The Hall–Kier alpha value is -1.14. The molecule has 1 aliphatic rings. The van der Waals surface area contributed by atoms with Crippen LogP contribution in [0.25, 0.3) is 0 Å². The first-order valence-corrected chi connectivity index (χ1v) is 7.93. The summed E-state index contributed by atoms with van der Waals surface area (Å²) in [6.07, 6.45) is 3.22. The second-order valence-electron chi connectivity index (χ2n) is 5.89. The largest absolute Gasteiger partial charge is 0.379 e. The number of amides is 1. The van der Waals surface area contributed by atoms with Crippen molar-refractivity contribution in [2.24, 2.45) is 5.73 Å². The van der Waals surface area contributed by atoms with Gasteiger partial charge in [-0.2, -0.15) is 0 Å². The quantitative estimate of drug-likeness (QED) is 0.708. The van der Waals surface area contributed by atoms with Gasteiger partial charge in [-0.1, -0.05) is 30.3 Å². The van der Waals surface area contributed by atoms with E-state index in [9.17, 15) is 4.79 Å². The van der Waals surface area contributed by atoms with Gasteiger partial charge in [0.25, 0.3) is 0 Å². The van der Waals surface area contributed by atoms with E-state index in [1.54, 1.807) is 6.92 Å². The standard InChI is InChI=1S/C17H26N2O3.ClH/c1-17(18,14-7-3-2-4-8-14)16(20)19-10-6-11-21-13-15-9-5-12-22-15;/h2-4,7-8,15H,5-6,9-13,18H2,1H3,(H,19,20);1H. The molecule has 6 heteroatoms. The van der Waals surface area contributed by atoms with E-state index in [4.69, 9.17) is 15.2 Å². The highest BCUT2D eigenvalue weighted by Crippen LogP contribution is 2.17. The molecule has 0 aliphatic carbocycles. The highest BCUT2D eigenvalue weighted by Gasteiger charge is 2.29. The van der Waals surface area contributed by atoms with Gasteiger partial charge in [-0.15, -0.1) is 12.4 Å². The third-order valence-electron chi connectivity index (χ3n) is 3.92. The van der Waals surface area contributed by atoms with E-state index in [1.165, 1.54) is 0 Å². The van der Waals surface area contributed by atoms with E-state index in [0.29, 0.717) is 19.8 Å². The summed E-state index contributed by atoms with van der Waals surface area (Å²) in [5, 5.41) is 2.87. The topological polar surface area (TPSA) is 73.6 Å². The van der Waals surface area contributed by atoms with Crippen molar-refractivity contribution in [2.75, 3.05) is 26.4 Å². The molecule has 1 heterocycles. The number of hydrogen-bond donors (Lipinski definition) is 2. The molecular formula is C17H27ClN2O3. The summed E-state index contributed by atoms with van der Waals surface area (Å²) >= 11 is 0. The van der Waals surface area contributed by atoms with Crippen LogP contribution in [0.1, 0.15) is 31.7 Å². The van der Waals surface area contributed by atoms with E-state index in [-0.39, 0.29) is 24.4 Å². The van der Waals surface area contributed by atoms with E-state index in [1.807, 2.05) is 30.3 Å². The van der Waals surface area contributed by atoms with Gasteiger partial charge in [-0.05, 0) is 31.7 Å². The number of nitrogens with one attached hydrogen (secondary N) is 1. The van der Waals surface area contributed by atoms with Gasteiger partial charge in [0, 0.05) is 19.8 Å². The maximum atomic E-state index is 12.2. The summed E-state index contributed by atoms with van der Waals surface area (Å²) in [7, 11) is 0. The first-order chi connectivity index (χ1) is 10.6. The van der Waals surface area contributed by atoms with Gasteiger partial charge in [-0.25, -0.2) is 0 Å². The molecule has 1 fully saturated rings. The normalized spacial score (nSPS) is 19.7. The summed E-state index contributed by atoms with van der Waals surface area (Å²) in [6, 6.07) is 9.40. The summed E-state index contributed by atoms with van der Waals surface area (Å²) in [6.45, 7) is 4.40. The van der Waals surface area contributed by atoms with Gasteiger partial charge >= 0.3 is 0 Å². The highest BCUT2D eigenvalue weighted by atomic mass is 35.5. The molecule has 1 aromatic carbocycles. The third-order valence-corrected chi connectivity index (χ3v) is 3.92. The molecule has 0 spiro atoms. The first kappa shape index (κ1) is 19.9. The fourth-order valence-corrected chi connectivity index (χ4v) is 2.47. The van der Waals surface area contributed by atoms with Crippen molar-refractivity contribution in [2.45, 2.75) is 37.8 Å². The van der Waals surface area contributed by atoms with Crippen LogP contribution in [-0.2, 0) is 19.8 Å². The Bertz CT molecular complexity index is 462. The number of hydrogen-bond acceptors (Lipinski definition) is 4. The molecule has 5 nitrogen and oxygen atoms in total. The summed E-state index contributed by atoms with van der Waals surface area (Å²) in [5.74, 6) is -0.169. The van der Waals surface area contributed by atoms with Gasteiger partial charge in [0.2, 0.25) is 5.91 Å². The minimum Gasteiger partial charge on any atom is -0.379 e. The minimum absolute atomic E-state index is 0. The Kier molecular flexibility index (Phi) is 8.55. The number of rotatable bonds is 8. The molecule has 1 aliphatic heterocycles. The second-order valence-corrected chi connectivity index (χ2v) is 5.89. The average molecular weight is 343 g/mol. The van der Waals surface area contributed by atoms with Gasteiger partial charge in [-0.3, -0.25) is 4.79 Å². The van der Waals surface area contributed by atoms with Crippen molar-refractivity contribution >= 4 is 18.3 Å². The number of nitrogens with two attached hydrogens (primary N) is 1. The number of carbonyl (C=O) groups is 1. The predicted octanol–water partition coefficient (Wildman–Crippen LogP) is 1.98. The van der Waals surface area contributed by atoms with Crippen LogP contribution in [0, 0.1) is 0 Å². The number of halogens is 1. The van der Waals surface area contributed by atoms with Crippen LogP contribution in [0.5, 0.6) is 0 Å². The number of benzene rings is 1. The molecule has 0 aromatic heterocycles. The van der Waals surface area contributed by atoms with Crippen molar-refractivity contribution in [1.82, 2.24) is 5.32 Å². The zero-order chi connectivity index (χ0) is 15.8. The van der Waals surface area contributed by atoms with Gasteiger partial charge in [0.05, 0.1) is 12.7 Å². The molecule has 130 valence electrons. The fraction of sp³-hybridized carbons (Fsp3) is 0.588. The second kappa shape index (κ2) is 9.88. The zero-order valence-corrected chi connectivity index (χ0v) is 14.4. The van der Waals surface area contributed by atoms with Crippen LogP contribution >= 0.6 is 12.4 Å². The Balaban J connectivity index is 0.00000264. The molecular weight excluding hydrogens is 316 g/mol. The molecule has 0 saturated carbocycles. The molecule has 1 amide bonds. The van der Waals surface area contributed by atoms with Gasteiger partial charge < -0.3 is 20.5 Å². The highest BCUT2D eigenvalue weighted by molar-refractivity contribution is 5.86. The molecule has 0 bridgehead atoms. The molecule has 2 atom stereocenters. The van der Waals surface area contributed by atoms with Crippen molar-refractivity contribution in [3.05, 3.63) is 35.9 Å². The molecule has 2 rings (SSSR count). The molecule has 1 saturated heterocycles. The van der Waals surface area contributed by atoms with Crippen LogP contribution < -0.4 is 11.1 Å². The number of ether oxygens (including phenoxy) is 2. The van der Waals surface area contributed by atoms with Gasteiger partial charge in [0.15, 0.2) is 0 Å². The smallest absolute Gasteiger partial charge is 0.244 e. The van der Waals surface area contributed by atoms with E-state index in [2.05, 4.69) is 5.32 Å². The van der Waals surface area contributed by atoms with E-state index >= 15 is 0 Å². The zero-order valence-electron chi connectivity index (χ0n) is 13.6. The molecule has 3 N–H and O–H groups in total. The maximum absolute atomic E-state index is 12.2.